The molecule has 0 aromatic carbocycles. The number of ether oxygens (including phenoxy) is 2. The first-order valence-electron chi connectivity index (χ1n) is 8.15. The third-order valence-corrected chi connectivity index (χ3v) is 5.13. The van der Waals surface area contributed by atoms with Crippen molar-refractivity contribution < 1.29 is 14.3 Å². The number of nitrogens with one attached hydrogen (secondary N) is 1. The van der Waals surface area contributed by atoms with Crippen molar-refractivity contribution >= 4 is 17.7 Å². The van der Waals surface area contributed by atoms with Gasteiger partial charge in [-0.3, -0.25) is 4.79 Å². The molecule has 2 unspecified atom stereocenters. The van der Waals surface area contributed by atoms with E-state index in [0.717, 1.165) is 50.3 Å². The monoisotopic (exact) mass is 317 g/mol. The highest BCUT2D eigenvalue weighted by molar-refractivity contribution is 7.99. The third kappa shape index (κ3) is 7.02. The van der Waals surface area contributed by atoms with Crippen LogP contribution in [0.15, 0.2) is 0 Å². The first kappa shape index (κ1) is 18.8. The maximum absolute atomic E-state index is 11.9. The van der Waals surface area contributed by atoms with Gasteiger partial charge in [0.25, 0.3) is 0 Å². The zero-order valence-corrected chi connectivity index (χ0v) is 14.6. The van der Waals surface area contributed by atoms with Gasteiger partial charge in [-0.2, -0.15) is 11.8 Å². The summed E-state index contributed by atoms with van der Waals surface area (Å²) >= 11 is 1.97. The molecule has 2 atom stereocenters. The van der Waals surface area contributed by atoms with Crippen molar-refractivity contribution in [1.29, 1.82) is 0 Å². The molecule has 0 radical (unpaired) electrons. The Labute approximate surface area is 133 Å². The fourth-order valence-electron chi connectivity index (χ4n) is 2.56. The van der Waals surface area contributed by atoms with Crippen molar-refractivity contribution in [3.05, 3.63) is 0 Å². The molecule has 1 saturated heterocycles. The first-order valence-corrected chi connectivity index (χ1v) is 9.30. The molecule has 0 aromatic rings. The molecule has 0 spiro atoms. The lowest BCUT2D eigenvalue weighted by Gasteiger charge is -2.28. The zero-order valence-electron chi connectivity index (χ0n) is 13.8. The summed E-state index contributed by atoms with van der Waals surface area (Å²) in [6, 6.07) is 0. The molecule has 21 heavy (non-hydrogen) atoms. The summed E-state index contributed by atoms with van der Waals surface area (Å²) in [6.07, 6.45) is 6.93. The minimum atomic E-state index is -0.538. The van der Waals surface area contributed by atoms with Gasteiger partial charge < -0.3 is 14.8 Å². The van der Waals surface area contributed by atoms with Crippen molar-refractivity contribution in [3.63, 3.8) is 0 Å². The van der Waals surface area contributed by atoms with E-state index in [0.29, 0.717) is 6.10 Å². The summed E-state index contributed by atoms with van der Waals surface area (Å²) < 4.78 is 10.5. The maximum atomic E-state index is 11.9. The Bertz CT molecular complexity index is 295. The molecular weight excluding hydrogens is 286 g/mol. The van der Waals surface area contributed by atoms with Crippen LogP contribution in [0, 0.1) is 0 Å². The van der Waals surface area contributed by atoms with Crippen molar-refractivity contribution in [3.8, 4) is 0 Å². The van der Waals surface area contributed by atoms with Gasteiger partial charge in [-0.25, -0.2) is 0 Å². The summed E-state index contributed by atoms with van der Waals surface area (Å²) in [5.41, 5.74) is -0.538. The van der Waals surface area contributed by atoms with Gasteiger partial charge in [0.2, 0.25) is 0 Å². The summed E-state index contributed by atoms with van der Waals surface area (Å²) in [6.45, 7) is 5.84. The summed E-state index contributed by atoms with van der Waals surface area (Å²) in [5.74, 6) is 2.11. The molecule has 1 fully saturated rings. The van der Waals surface area contributed by atoms with E-state index < -0.39 is 5.54 Å². The number of thioether (sulfide) groups is 1. The van der Waals surface area contributed by atoms with Gasteiger partial charge in [-0.05, 0) is 51.3 Å². The van der Waals surface area contributed by atoms with E-state index >= 15 is 0 Å². The number of esters is 1. The fraction of sp³-hybridized carbons (Fsp3) is 0.938. The van der Waals surface area contributed by atoms with Crippen molar-refractivity contribution in [2.24, 2.45) is 0 Å². The van der Waals surface area contributed by atoms with Gasteiger partial charge in [0, 0.05) is 12.4 Å². The van der Waals surface area contributed by atoms with Gasteiger partial charge in [-0.1, -0.05) is 13.3 Å². The van der Waals surface area contributed by atoms with Gasteiger partial charge in [0.15, 0.2) is 0 Å². The molecule has 1 heterocycles. The molecule has 5 heteroatoms. The van der Waals surface area contributed by atoms with Crippen LogP contribution in [-0.4, -0.2) is 49.4 Å². The molecule has 4 nitrogen and oxygen atoms in total. The lowest BCUT2D eigenvalue weighted by molar-refractivity contribution is -0.148. The Morgan fingerprint density at radius 3 is 2.90 bits per heavy atom. The lowest BCUT2D eigenvalue weighted by Crippen LogP contribution is -2.50. The number of rotatable bonds is 11. The SMILES string of the molecule is CCCNC(C)(CCCCSCC1CCCO1)C(=O)OC. The quantitative estimate of drug-likeness (QED) is 0.469. The van der Waals surface area contributed by atoms with E-state index in [2.05, 4.69) is 12.2 Å². The second-order valence-corrected chi connectivity index (χ2v) is 7.07. The van der Waals surface area contributed by atoms with Crippen LogP contribution in [0.4, 0.5) is 0 Å². The van der Waals surface area contributed by atoms with E-state index in [1.165, 1.54) is 20.0 Å². The largest absolute Gasteiger partial charge is 0.468 e. The number of unbranched alkanes of at least 4 members (excludes halogenated alkanes) is 1. The molecule has 0 amide bonds. The Kier molecular flexibility index (Phi) is 9.36. The molecular formula is C16H31NO3S. The van der Waals surface area contributed by atoms with E-state index in [9.17, 15) is 4.79 Å². The van der Waals surface area contributed by atoms with E-state index in [-0.39, 0.29) is 5.97 Å². The van der Waals surface area contributed by atoms with Crippen LogP contribution in [0.25, 0.3) is 0 Å². The number of carbonyl (C=O) groups excluding carboxylic acids is 1. The molecule has 1 aliphatic rings. The van der Waals surface area contributed by atoms with Crippen LogP contribution in [0.5, 0.6) is 0 Å². The average molecular weight is 317 g/mol. The Hall–Kier alpha value is -0.260. The van der Waals surface area contributed by atoms with Gasteiger partial charge >= 0.3 is 5.97 Å². The van der Waals surface area contributed by atoms with E-state index in [4.69, 9.17) is 9.47 Å². The summed E-state index contributed by atoms with van der Waals surface area (Å²) in [7, 11) is 1.46. The Balaban J connectivity index is 2.15. The fourth-order valence-corrected chi connectivity index (χ4v) is 3.66. The molecule has 124 valence electrons. The minimum Gasteiger partial charge on any atom is -0.468 e. The topological polar surface area (TPSA) is 47.6 Å². The third-order valence-electron chi connectivity index (χ3n) is 3.94. The molecule has 1 rings (SSSR count). The second kappa shape index (κ2) is 10.5. The summed E-state index contributed by atoms with van der Waals surface area (Å²) in [4.78, 5) is 11.9. The van der Waals surface area contributed by atoms with E-state index in [1.807, 2.05) is 18.7 Å². The van der Waals surface area contributed by atoms with Crippen LogP contribution in [0.1, 0.15) is 52.4 Å². The lowest BCUT2D eigenvalue weighted by atomic mass is 9.95. The van der Waals surface area contributed by atoms with E-state index in [1.54, 1.807) is 0 Å². The predicted octanol–water partition coefficient (Wildman–Crippen LogP) is 3.00. The summed E-state index contributed by atoms with van der Waals surface area (Å²) in [5, 5.41) is 3.33. The molecule has 0 bridgehead atoms. The molecule has 1 aliphatic heterocycles. The Morgan fingerprint density at radius 2 is 2.29 bits per heavy atom. The highest BCUT2D eigenvalue weighted by atomic mass is 32.2. The molecule has 0 aromatic heterocycles. The minimum absolute atomic E-state index is 0.150. The second-order valence-electron chi connectivity index (χ2n) is 5.92. The van der Waals surface area contributed by atoms with Gasteiger partial charge in [0.1, 0.15) is 5.54 Å². The molecule has 1 N–H and O–H groups in total. The van der Waals surface area contributed by atoms with Crippen LogP contribution >= 0.6 is 11.8 Å². The number of carbonyl (C=O) groups is 1. The highest BCUT2D eigenvalue weighted by Crippen LogP contribution is 2.20. The number of hydrogen-bond acceptors (Lipinski definition) is 5. The maximum Gasteiger partial charge on any atom is 0.325 e. The molecule has 0 saturated carbocycles. The van der Waals surface area contributed by atoms with Crippen LogP contribution in [0.3, 0.4) is 0 Å². The zero-order chi connectivity index (χ0) is 15.6. The first-order chi connectivity index (χ1) is 10.1. The number of methoxy groups -OCH3 is 1. The Morgan fingerprint density at radius 1 is 1.48 bits per heavy atom. The van der Waals surface area contributed by atoms with Crippen molar-refractivity contribution in [2.45, 2.75) is 64.0 Å². The van der Waals surface area contributed by atoms with Crippen LogP contribution < -0.4 is 5.32 Å². The highest BCUT2D eigenvalue weighted by Gasteiger charge is 2.32. The van der Waals surface area contributed by atoms with Crippen molar-refractivity contribution in [1.82, 2.24) is 5.32 Å². The smallest absolute Gasteiger partial charge is 0.325 e. The average Bonchev–Trinajstić information content (AvgIpc) is 3.01. The normalized spacial score (nSPS) is 21.2. The van der Waals surface area contributed by atoms with Gasteiger partial charge in [-0.15, -0.1) is 0 Å². The predicted molar refractivity (Wildman–Crippen MR) is 88.9 cm³/mol. The van der Waals surface area contributed by atoms with Crippen molar-refractivity contribution in [2.75, 3.05) is 31.8 Å². The number of hydrogen-bond donors (Lipinski definition) is 1. The van der Waals surface area contributed by atoms with Crippen LogP contribution in [-0.2, 0) is 14.3 Å². The van der Waals surface area contributed by atoms with Crippen LogP contribution in [0.2, 0.25) is 0 Å². The molecule has 0 aliphatic carbocycles. The standard InChI is InChI=1S/C16H31NO3S/c1-4-10-17-16(2,15(18)19-3)9-5-6-12-21-13-14-8-7-11-20-14/h14,17H,4-13H2,1-3H3. The van der Waals surface area contributed by atoms with Gasteiger partial charge in [0.05, 0.1) is 13.2 Å².